The van der Waals surface area contributed by atoms with Crippen LogP contribution >= 0.6 is 0 Å². The van der Waals surface area contributed by atoms with E-state index in [-0.39, 0.29) is 17.9 Å². The monoisotopic (exact) mass is 266 g/mol. The Labute approximate surface area is 113 Å². The van der Waals surface area contributed by atoms with Crippen LogP contribution in [0.3, 0.4) is 0 Å². The first-order valence-corrected chi connectivity index (χ1v) is 6.97. The summed E-state index contributed by atoms with van der Waals surface area (Å²) in [6, 6.07) is 0.104. The number of aromatic nitrogens is 2. The van der Waals surface area contributed by atoms with Crippen LogP contribution in [0.4, 0.5) is 0 Å². The Bertz CT molecular complexity index is 424. The number of piperidine rings is 1. The van der Waals surface area contributed by atoms with Crippen LogP contribution in [0.5, 0.6) is 0 Å². The number of primary amides is 1. The number of nitrogens with zero attached hydrogens (tertiary/aromatic N) is 3. The average Bonchev–Trinajstić information content (AvgIpc) is 2.87. The van der Waals surface area contributed by atoms with Crippen LogP contribution in [0.2, 0.25) is 0 Å². The van der Waals surface area contributed by atoms with Crippen molar-refractivity contribution in [2.24, 2.45) is 11.7 Å². The van der Waals surface area contributed by atoms with Crippen LogP contribution in [-0.2, 0) is 11.2 Å². The smallest absolute Gasteiger partial charge is 0.243 e. The zero-order valence-corrected chi connectivity index (χ0v) is 11.6. The molecule has 19 heavy (non-hydrogen) atoms. The van der Waals surface area contributed by atoms with E-state index in [1.807, 2.05) is 0 Å². The molecule has 0 radical (unpaired) electrons. The van der Waals surface area contributed by atoms with E-state index in [9.17, 15) is 4.79 Å². The Morgan fingerprint density at radius 1 is 1.53 bits per heavy atom. The van der Waals surface area contributed by atoms with Crippen molar-refractivity contribution in [3.8, 4) is 0 Å². The van der Waals surface area contributed by atoms with Crippen molar-refractivity contribution in [2.75, 3.05) is 13.1 Å². The fraction of sp³-hybridized carbons (Fsp3) is 0.769. The number of amides is 1. The minimum Gasteiger partial charge on any atom is -0.369 e. The molecule has 1 amide bonds. The maximum absolute atomic E-state index is 11.1. The number of hydrogen-bond donors (Lipinski definition) is 1. The van der Waals surface area contributed by atoms with Crippen molar-refractivity contribution in [3.05, 3.63) is 11.7 Å². The molecule has 1 aliphatic rings. The van der Waals surface area contributed by atoms with Gasteiger partial charge in [-0.25, -0.2) is 0 Å². The first-order valence-electron chi connectivity index (χ1n) is 6.97. The minimum absolute atomic E-state index is 0.0155. The molecule has 1 aromatic rings. The molecule has 0 spiro atoms. The first kappa shape index (κ1) is 14.0. The standard InChI is InChI=1S/C13H22N4O2/c1-3-4-11-15-13(19-16-11)9(2)17-7-5-10(6-8-17)12(14)18/h9-10H,3-8H2,1-2H3,(H2,14,18)/t9-/m0/s1. The number of aryl methyl sites for hydroxylation is 1. The second kappa shape index (κ2) is 6.14. The molecular formula is C13H22N4O2. The maximum Gasteiger partial charge on any atom is 0.243 e. The molecule has 1 saturated heterocycles. The summed E-state index contributed by atoms with van der Waals surface area (Å²) in [5, 5.41) is 3.98. The largest absolute Gasteiger partial charge is 0.369 e. The van der Waals surface area contributed by atoms with Gasteiger partial charge < -0.3 is 10.3 Å². The van der Waals surface area contributed by atoms with Gasteiger partial charge in [-0.05, 0) is 39.3 Å². The van der Waals surface area contributed by atoms with Gasteiger partial charge in [0.05, 0.1) is 6.04 Å². The Hall–Kier alpha value is -1.43. The van der Waals surface area contributed by atoms with E-state index < -0.39 is 0 Å². The fourth-order valence-electron chi connectivity index (χ4n) is 2.49. The van der Waals surface area contributed by atoms with Crippen LogP contribution in [0, 0.1) is 5.92 Å². The van der Waals surface area contributed by atoms with E-state index in [1.165, 1.54) is 0 Å². The highest BCUT2D eigenvalue weighted by Gasteiger charge is 2.28. The number of hydrogen-bond acceptors (Lipinski definition) is 5. The summed E-state index contributed by atoms with van der Waals surface area (Å²) in [5.74, 6) is 1.27. The molecule has 0 saturated carbocycles. The molecular weight excluding hydrogens is 244 g/mol. The third-order valence-corrected chi connectivity index (χ3v) is 3.79. The molecule has 1 aliphatic heterocycles. The number of likely N-dealkylation sites (tertiary alicyclic amines) is 1. The summed E-state index contributed by atoms with van der Waals surface area (Å²) in [6.07, 6.45) is 3.49. The van der Waals surface area contributed by atoms with Gasteiger partial charge in [0.1, 0.15) is 0 Å². The minimum atomic E-state index is -0.185. The molecule has 106 valence electrons. The van der Waals surface area contributed by atoms with Crippen molar-refractivity contribution in [2.45, 2.75) is 45.6 Å². The summed E-state index contributed by atoms with van der Waals surface area (Å²) in [4.78, 5) is 17.8. The van der Waals surface area contributed by atoms with Crippen molar-refractivity contribution < 1.29 is 9.32 Å². The van der Waals surface area contributed by atoms with E-state index in [0.29, 0.717) is 5.89 Å². The van der Waals surface area contributed by atoms with E-state index in [1.54, 1.807) is 0 Å². The van der Waals surface area contributed by atoms with Crippen LogP contribution in [0.15, 0.2) is 4.52 Å². The molecule has 2 heterocycles. The summed E-state index contributed by atoms with van der Waals surface area (Å²) in [7, 11) is 0. The van der Waals surface area contributed by atoms with Gasteiger partial charge in [0, 0.05) is 12.3 Å². The molecule has 0 aromatic carbocycles. The van der Waals surface area contributed by atoms with Crippen LogP contribution < -0.4 is 5.73 Å². The third-order valence-electron chi connectivity index (χ3n) is 3.79. The van der Waals surface area contributed by atoms with Gasteiger partial charge in [0.25, 0.3) is 0 Å². The van der Waals surface area contributed by atoms with Crippen LogP contribution in [0.1, 0.15) is 50.9 Å². The lowest BCUT2D eigenvalue weighted by Crippen LogP contribution is -2.39. The predicted octanol–water partition coefficient (Wildman–Crippen LogP) is 1.28. The van der Waals surface area contributed by atoms with Gasteiger partial charge in [-0.1, -0.05) is 12.1 Å². The molecule has 0 aliphatic carbocycles. The molecule has 2 N–H and O–H groups in total. The highest BCUT2D eigenvalue weighted by molar-refractivity contribution is 5.76. The normalized spacial score (nSPS) is 19.5. The van der Waals surface area contributed by atoms with E-state index in [2.05, 4.69) is 28.9 Å². The summed E-state index contributed by atoms with van der Waals surface area (Å²) >= 11 is 0. The average molecular weight is 266 g/mol. The van der Waals surface area contributed by atoms with Crippen LogP contribution in [0.25, 0.3) is 0 Å². The number of rotatable bonds is 5. The lowest BCUT2D eigenvalue weighted by Gasteiger charge is -2.33. The molecule has 1 aromatic heterocycles. The zero-order chi connectivity index (χ0) is 13.8. The van der Waals surface area contributed by atoms with Crippen molar-refractivity contribution in [1.82, 2.24) is 15.0 Å². The number of carbonyl (C=O) groups is 1. The van der Waals surface area contributed by atoms with Gasteiger partial charge in [0.2, 0.25) is 11.8 Å². The van der Waals surface area contributed by atoms with Gasteiger partial charge in [-0.2, -0.15) is 4.98 Å². The maximum atomic E-state index is 11.1. The topological polar surface area (TPSA) is 85.3 Å². The Kier molecular flexibility index (Phi) is 4.52. The Balaban J connectivity index is 1.92. The summed E-state index contributed by atoms with van der Waals surface area (Å²) in [5.41, 5.74) is 5.34. The number of nitrogens with two attached hydrogens (primary N) is 1. The van der Waals surface area contributed by atoms with Gasteiger partial charge >= 0.3 is 0 Å². The van der Waals surface area contributed by atoms with Crippen molar-refractivity contribution in [1.29, 1.82) is 0 Å². The molecule has 1 atom stereocenters. The molecule has 6 heteroatoms. The molecule has 6 nitrogen and oxygen atoms in total. The lowest BCUT2D eigenvalue weighted by atomic mass is 9.95. The Morgan fingerprint density at radius 3 is 2.79 bits per heavy atom. The Morgan fingerprint density at radius 2 is 2.21 bits per heavy atom. The highest BCUT2D eigenvalue weighted by Crippen LogP contribution is 2.25. The van der Waals surface area contributed by atoms with E-state index in [0.717, 1.165) is 44.6 Å². The van der Waals surface area contributed by atoms with E-state index in [4.69, 9.17) is 10.3 Å². The third kappa shape index (κ3) is 3.32. The zero-order valence-electron chi connectivity index (χ0n) is 11.6. The van der Waals surface area contributed by atoms with Crippen molar-refractivity contribution in [3.63, 3.8) is 0 Å². The predicted molar refractivity (Wildman–Crippen MR) is 70.2 cm³/mol. The van der Waals surface area contributed by atoms with Gasteiger partial charge in [-0.3, -0.25) is 9.69 Å². The molecule has 0 unspecified atom stereocenters. The quantitative estimate of drug-likeness (QED) is 0.867. The van der Waals surface area contributed by atoms with Gasteiger partial charge in [0.15, 0.2) is 5.82 Å². The van der Waals surface area contributed by atoms with Crippen molar-refractivity contribution >= 4 is 5.91 Å². The van der Waals surface area contributed by atoms with Crippen LogP contribution in [-0.4, -0.2) is 34.0 Å². The van der Waals surface area contributed by atoms with E-state index >= 15 is 0 Å². The first-order chi connectivity index (χ1) is 9.11. The molecule has 2 rings (SSSR count). The summed E-state index contributed by atoms with van der Waals surface area (Å²) in [6.45, 7) is 5.85. The highest BCUT2D eigenvalue weighted by atomic mass is 16.5. The van der Waals surface area contributed by atoms with Gasteiger partial charge in [-0.15, -0.1) is 0 Å². The second-order valence-corrected chi connectivity index (χ2v) is 5.19. The lowest BCUT2D eigenvalue weighted by molar-refractivity contribution is -0.123. The second-order valence-electron chi connectivity index (χ2n) is 5.19. The number of carbonyl (C=O) groups excluding carboxylic acids is 1. The SMILES string of the molecule is CCCc1noc([C@H](C)N2CCC(C(N)=O)CC2)n1. The fourth-order valence-corrected chi connectivity index (χ4v) is 2.49. The summed E-state index contributed by atoms with van der Waals surface area (Å²) < 4.78 is 5.31. The molecule has 1 fully saturated rings. The molecule has 0 bridgehead atoms.